The summed E-state index contributed by atoms with van der Waals surface area (Å²) in [5.74, 6) is -0.233. The van der Waals surface area contributed by atoms with E-state index in [1.165, 1.54) is 24.3 Å². The number of rotatable bonds is 5. The fourth-order valence-corrected chi connectivity index (χ4v) is 2.20. The number of nitrogens with zero attached hydrogens (tertiary/aromatic N) is 2. The molecule has 0 atom stereocenters. The average molecular weight is 310 g/mol. The lowest BCUT2D eigenvalue weighted by Crippen LogP contribution is -2.10. The Morgan fingerprint density at radius 1 is 1.09 bits per heavy atom. The van der Waals surface area contributed by atoms with E-state index in [-0.39, 0.29) is 12.4 Å². The number of ether oxygens (including phenoxy) is 1. The Labute approximate surface area is 133 Å². The van der Waals surface area contributed by atoms with Gasteiger partial charge in [-0.2, -0.15) is 0 Å². The summed E-state index contributed by atoms with van der Waals surface area (Å²) in [6.07, 6.45) is 3.51. The third kappa shape index (κ3) is 3.83. The molecule has 4 nitrogen and oxygen atoms in total. The van der Waals surface area contributed by atoms with Gasteiger partial charge in [-0.15, -0.1) is 0 Å². The van der Waals surface area contributed by atoms with Gasteiger partial charge in [0.05, 0.1) is 5.56 Å². The van der Waals surface area contributed by atoms with E-state index in [9.17, 15) is 9.18 Å². The Balaban J connectivity index is 1.64. The van der Waals surface area contributed by atoms with Crippen LogP contribution in [0.5, 0.6) is 0 Å². The summed E-state index contributed by atoms with van der Waals surface area (Å²) in [4.78, 5) is 16.2. The molecule has 0 unspecified atom stereocenters. The summed E-state index contributed by atoms with van der Waals surface area (Å²) in [5, 5.41) is 0. The van der Waals surface area contributed by atoms with Gasteiger partial charge < -0.3 is 9.30 Å². The molecule has 23 heavy (non-hydrogen) atoms. The molecule has 0 amide bonds. The third-order valence-corrected chi connectivity index (χ3v) is 3.41. The van der Waals surface area contributed by atoms with Crippen molar-refractivity contribution in [2.75, 3.05) is 0 Å². The second kappa shape index (κ2) is 6.87. The second-order valence-electron chi connectivity index (χ2n) is 5.04. The van der Waals surface area contributed by atoms with Gasteiger partial charge >= 0.3 is 5.97 Å². The molecule has 0 saturated carbocycles. The van der Waals surface area contributed by atoms with Gasteiger partial charge in [0.15, 0.2) is 0 Å². The van der Waals surface area contributed by atoms with Crippen molar-refractivity contribution in [1.29, 1.82) is 0 Å². The van der Waals surface area contributed by atoms with E-state index in [1.807, 2.05) is 41.1 Å². The molecule has 0 radical (unpaired) electrons. The van der Waals surface area contributed by atoms with Crippen LogP contribution in [-0.4, -0.2) is 15.5 Å². The zero-order valence-corrected chi connectivity index (χ0v) is 12.4. The van der Waals surface area contributed by atoms with Crippen LogP contribution >= 0.6 is 0 Å². The topological polar surface area (TPSA) is 44.1 Å². The Bertz CT molecular complexity index is 782. The van der Waals surface area contributed by atoms with E-state index >= 15 is 0 Å². The van der Waals surface area contributed by atoms with Gasteiger partial charge in [-0.1, -0.05) is 30.3 Å². The predicted molar refractivity (Wildman–Crippen MR) is 83.3 cm³/mol. The molecule has 116 valence electrons. The molecule has 1 aromatic heterocycles. The minimum Gasteiger partial charge on any atom is -0.454 e. The van der Waals surface area contributed by atoms with E-state index in [2.05, 4.69) is 4.98 Å². The Kier molecular flexibility index (Phi) is 4.47. The smallest absolute Gasteiger partial charge is 0.338 e. The average Bonchev–Trinajstić information content (AvgIpc) is 3.01. The van der Waals surface area contributed by atoms with Crippen LogP contribution in [0.1, 0.15) is 21.7 Å². The van der Waals surface area contributed by atoms with Gasteiger partial charge in [-0.05, 0) is 29.8 Å². The maximum atomic E-state index is 12.9. The summed E-state index contributed by atoms with van der Waals surface area (Å²) in [7, 11) is 0. The first kappa shape index (κ1) is 15.0. The number of halogens is 1. The van der Waals surface area contributed by atoms with E-state index in [0.717, 1.165) is 5.56 Å². The maximum absolute atomic E-state index is 12.9. The lowest BCUT2D eigenvalue weighted by Gasteiger charge is -2.09. The number of carbonyl (C=O) groups excluding carboxylic acids is 1. The van der Waals surface area contributed by atoms with Crippen molar-refractivity contribution in [1.82, 2.24) is 9.55 Å². The number of benzene rings is 2. The number of aromatic nitrogens is 2. The van der Waals surface area contributed by atoms with Crippen molar-refractivity contribution in [3.8, 4) is 0 Å². The van der Waals surface area contributed by atoms with Gasteiger partial charge in [0.2, 0.25) is 0 Å². The molecule has 0 spiro atoms. The molecule has 5 heteroatoms. The normalized spacial score (nSPS) is 10.5. The molecule has 0 bridgehead atoms. The molecule has 0 N–H and O–H groups in total. The van der Waals surface area contributed by atoms with Crippen LogP contribution in [0, 0.1) is 5.82 Å². The van der Waals surface area contributed by atoms with E-state index in [0.29, 0.717) is 17.9 Å². The van der Waals surface area contributed by atoms with Gasteiger partial charge in [0.25, 0.3) is 0 Å². The van der Waals surface area contributed by atoms with Gasteiger partial charge in [-0.3, -0.25) is 0 Å². The van der Waals surface area contributed by atoms with Gasteiger partial charge in [0.1, 0.15) is 18.2 Å². The van der Waals surface area contributed by atoms with Crippen LogP contribution in [0.3, 0.4) is 0 Å². The van der Waals surface area contributed by atoms with E-state index in [4.69, 9.17) is 4.74 Å². The molecule has 0 fully saturated rings. The molecule has 2 aromatic carbocycles. The van der Waals surface area contributed by atoms with Gasteiger partial charge in [-0.25, -0.2) is 14.2 Å². The monoisotopic (exact) mass is 310 g/mol. The lowest BCUT2D eigenvalue weighted by molar-refractivity contribution is 0.0458. The molecule has 0 aliphatic rings. The first-order chi connectivity index (χ1) is 11.2. The summed E-state index contributed by atoms with van der Waals surface area (Å²) < 4.78 is 20.0. The molecule has 3 aromatic rings. The first-order valence-electron chi connectivity index (χ1n) is 7.19. The molecule has 0 saturated heterocycles. The molecule has 0 aliphatic carbocycles. The summed E-state index contributed by atoms with van der Waals surface area (Å²) >= 11 is 0. The minimum atomic E-state index is -0.501. The number of imidazole rings is 1. The molecule has 0 aliphatic heterocycles. The molecular formula is C18H15FN2O2. The largest absolute Gasteiger partial charge is 0.454 e. The molecular weight excluding hydrogens is 295 g/mol. The summed E-state index contributed by atoms with van der Waals surface area (Å²) in [6.45, 7) is 0.723. The summed E-state index contributed by atoms with van der Waals surface area (Å²) in [6, 6.07) is 15.2. The zero-order valence-electron chi connectivity index (χ0n) is 12.4. The highest BCUT2D eigenvalue weighted by molar-refractivity contribution is 5.89. The van der Waals surface area contributed by atoms with Gasteiger partial charge in [0, 0.05) is 18.9 Å². The Hall–Kier alpha value is -2.95. The fourth-order valence-electron chi connectivity index (χ4n) is 2.20. The maximum Gasteiger partial charge on any atom is 0.338 e. The number of hydrogen-bond donors (Lipinski definition) is 0. The number of carbonyl (C=O) groups is 1. The first-order valence-corrected chi connectivity index (χ1v) is 7.19. The van der Waals surface area contributed by atoms with Crippen molar-refractivity contribution in [2.45, 2.75) is 13.2 Å². The van der Waals surface area contributed by atoms with Crippen LogP contribution in [-0.2, 0) is 17.9 Å². The van der Waals surface area contributed by atoms with Crippen LogP contribution < -0.4 is 0 Å². The van der Waals surface area contributed by atoms with Crippen LogP contribution in [0.15, 0.2) is 67.0 Å². The molecule has 1 heterocycles. The van der Waals surface area contributed by atoms with Crippen molar-refractivity contribution >= 4 is 5.97 Å². The molecule has 3 rings (SSSR count). The Morgan fingerprint density at radius 3 is 2.57 bits per heavy atom. The van der Waals surface area contributed by atoms with Crippen LogP contribution in [0.2, 0.25) is 0 Å². The predicted octanol–water partition coefficient (Wildman–Crippen LogP) is 3.43. The zero-order chi connectivity index (χ0) is 16.1. The second-order valence-corrected chi connectivity index (χ2v) is 5.04. The highest BCUT2D eigenvalue weighted by atomic mass is 19.1. The number of hydrogen-bond acceptors (Lipinski definition) is 3. The van der Waals surface area contributed by atoms with Crippen molar-refractivity contribution < 1.29 is 13.9 Å². The fraction of sp³-hybridized carbons (Fsp3) is 0.111. The SMILES string of the molecule is O=C(OCc1nccn1Cc1ccccc1)c1ccc(F)cc1. The highest BCUT2D eigenvalue weighted by Crippen LogP contribution is 2.09. The van der Waals surface area contributed by atoms with Crippen LogP contribution in [0.4, 0.5) is 4.39 Å². The van der Waals surface area contributed by atoms with Crippen molar-refractivity contribution in [3.05, 3.63) is 89.8 Å². The number of esters is 1. The third-order valence-electron chi connectivity index (χ3n) is 3.41. The Morgan fingerprint density at radius 2 is 1.83 bits per heavy atom. The quantitative estimate of drug-likeness (QED) is 0.678. The van der Waals surface area contributed by atoms with E-state index < -0.39 is 5.97 Å². The lowest BCUT2D eigenvalue weighted by atomic mass is 10.2. The van der Waals surface area contributed by atoms with Crippen LogP contribution in [0.25, 0.3) is 0 Å². The minimum absolute atomic E-state index is 0.0655. The highest BCUT2D eigenvalue weighted by Gasteiger charge is 2.10. The standard InChI is InChI=1S/C18H15FN2O2/c19-16-8-6-15(7-9-16)18(22)23-13-17-20-10-11-21(17)12-14-4-2-1-3-5-14/h1-11H,12-13H2. The van der Waals surface area contributed by atoms with Crippen molar-refractivity contribution in [2.24, 2.45) is 0 Å². The van der Waals surface area contributed by atoms with Crippen molar-refractivity contribution in [3.63, 3.8) is 0 Å². The summed E-state index contributed by atoms with van der Waals surface area (Å²) in [5.41, 5.74) is 1.45. The van der Waals surface area contributed by atoms with E-state index in [1.54, 1.807) is 6.20 Å².